The lowest BCUT2D eigenvalue weighted by atomic mass is 10.0. The molecule has 0 aromatic heterocycles. The number of aliphatic carboxylic acids is 1. The maximum Gasteiger partial charge on any atom is 0.326 e. The summed E-state index contributed by atoms with van der Waals surface area (Å²) >= 11 is 4.14. The van der Waals surface area contributed by atoms with Crippen molar-refractivity contribution in [1.82, 2.24) is 16.0 Å². The van der Waals surface area contributed by atoms with Crippen molar-refractivity contribution in [3.05, 3.63) is 59.7 Å². The van der Waals surface area contributed by atoms with Crippen molar-refractivity contribution >= 4 is 36.3 Å². The van der Waals surface area contributed by atoms with Crippen molar-refractivity contribution < 1.29 is 34.5 Å². The molecule has 12 heteroatoms. The summed E-state index contributed by atoms with van der Waals surface area (Å²) in [5.41, 5.74) is 7.13. The van der Waals surface area contributed by atoms with Crippen LogP contribution in [0.15, 0.2) is 48.5 Å². The van der Waals surface area contributed by atoms with Crippen LogP contribution in [0.4, 0.5) is 0 Å². The van der Waals surface area contributed by atoms with Gasteiger partial charge in [0.2, 0.25) is 17.7 Å². The highest BCUT2D eigenvalue weighted by Gasteiger charge is 2.30. The monoisotopic (exact) mass is 546 g/mol. The number of benzene rings is 2. The quantitative estimate of drug-likeness (QED) is 0.165. The van der Waals surface area contributed by atoms with Gasteiger partial charge in [-0.15, -0.1) is 0 Å². The predicted octanol–water partition coefficient (Wildman–Crippen LogP) is 0.335. The molecule has 0 heterocycles. The molecule has 8 N–H and O–H groups in total. The van der Waals surface area contributed by atoms with Crippen LogP contribution in [0.2, 0.25) is 0 Å². The van der Waals surface area contributed by atoms with Gasteiger partial charge in [-0.05, 0) is 41.3 Å². The predicted molar refractivity (Wildman–Crippen MR) is 144 cm³/mol. The molecule has 0 aliphatic carbocycles. The van der Waals surface area contributed by atoms with Crippen LogP contribution in [-0.2, 0) is 32.0 Å². The van der Waals surface area contributed by atoms with Crippen molar-refractivity contribution in [2.24, 2.45) is 11.7 Å². The molecule has 2 aromatic carbocycles. The first-order chi connectivity index (χ1) is 17.9. The van der Waals surface area contributed by atoms with Crippen LogP contribution < -0.4 is 21.7 Å². The highest BCUT2D eigenvalue weighted by Crippen LogP contribution is 2.13. The van der Waals surface area contributed by atoms with E-state index in [9.17, 15) is 34.5 Å². The molecule has 0 radical (unpaired) electrons. The van der Waals surface area contributed by atoms with E-state index in [-0.39, 0.29) is 36.0 Å². The van der Waals surface area contributed by atoms with E-state index in [1.54, 1.807) is 26.0 Å². The molecule has 0 spiro atoms. The minimum Gasteiger partial charge on any atom is -0.508 e. The normalized spacial score (nSPS) is 14.1. The number of carboxylic acids is 1. The van der Waals surface area contributed by atoms with Crippen molar-refractivity contribution in [3.8, 4) is 11.5 Å². The number of aromatic hydroxyl groups is 2. The molecule has 2 aromatic rings. The fourth-order valence-corrected chi connectivity index (χ4v) is 3.71. The Morgan fingerprint density at radius 2 is 1.13 bits per heavy atom. The average molecular weight is 547 g/mol. The molecule has 0 bridgehead atoms. The number of rotatable bonds is 13. The molecule has 11 nitrogen and oxygen atoms in total. The van der Waals surface area contributed by atoms with Gasteiger partial charge < -0.3 is 37.0 Å². The van der Waals surface area contributed by atoms with Crippen molar-refractivity contribution in [1.29, 1.82) is 0 Å². The van der Waals surface area contributed by atoms with Gasteiger partial charge in [-0.2, -0.15) is 12.6 Å². The summed E-state index contributed by atoms with van der Waals surface area (Å²) in [6, 6.07) is 7.45. The van der Waals surface area contributed by atoms with Crippen LogP contribution in [0.5, 0.6) is 11.5 Å². The number of phenolic OH excluding ortho intramolecular Hbond substituents is 2. The fraction of sp³-hybridized carbons (Fsp3) is 0.385. The smallest absolute Gasteiger partial charge is 0.326 e. The molecule has 4 unspecified atom stereocenters. The van der Waals surface area contributed by atoms with Crippen LogP contribution >= 0.6 is 12.6 Å². The molecular weight excluding hydrogens is 512 g/mol. The Hall–Kier alpha value is -3.77. The Balaban J connectivity index is 2.15. The van der Waals surface area contributed by atoms with Crippen molar-refractivity contribution in [2.75, 3.05) is 5.75 Å². The zero-order valence-electron chi connectivity index (χ0n) is 21.1. The largest absolute Gasteiger partial charge is 0.508 e. The zero-order valence-corrected chi connectivity index (χ0v) is 22.0. The minimum atomic E-state index is -1.30. The second-order valence-corrected chi connectivity index (χ2v) is 9.58. The topological polar surface area (TPSA) is 191 Å². The first-order valence-electron chi connectivity index (χ1n) is 12.0. The number of nitrogens with one attached hydrogen (secondary N) is 3. The van der Waals surface area contributed by atoms with Gasteiger partial charge in [0.1, 0.15) is 29.6 Å². The van der Waals surface area contributed by atoms with Crippen LogP contribution in [0.25, 0.3) is 0 Å². The van der Waals surface area contributed by atoms with Gasteiger partial charge in [0, 0.05) is 18.6 Å². The molecule has 206 valence electrons. The Morgan fingerprint density at radius 1 is 0.737 bits per heavy atom. The van der Waals surface area contributed by atoms with Crippen molar-refractivity contribution in [2.45, 2.75) is 50.9 Å². The molecule has 3 amide bonds. The molecule has 0 saturated heterocycles. The maximum absolute atomic E-state index is 13.2. The molecule has 0 saturated carbocycles. The minimum absolute atomic E-state index is 0.0193. The number of nitrogens with two attached hydrogens (primary N) is 1. The van der Waals surface area contributed by atoms with Crippen LogP contribution in [0.3, 0.4) is 0 Å². The van der Waals surface area contributed by atoms with Crippen molar-refractivity contribution in [3.63, 3.8) is 0 Å². The van der Waals surface area contributed by atoms with E-state index in [0.29, 0.717) is 11.1 Å². The molecule has 38 heavy (non-hydrogen) atoms. The van der Waals surface area contributed by atoms with Gasteiger partial charge in [-0.3, -0.25) is 14.4 Å². The SMILES string of the molecule is CC(C)C(N)C(=O)NC(Cc1ccc(O)cc1)C(=O)NC(CS)C(=O)NC(Cc1ccc(O)cc1)C(=O)O. The molecule has 0 aliphatic heterocycles. The molecule has 0 aliphatic rings. The molecule has 2 rings (SSSR count). The Bertz CT molecular complexity index is 1110. The summed E-state index contributed by atoms with van der Waals surface area (Å²) in [7, 11) is 0. The molecular formula is C26H34N4O7S. The third-order valence-electron chi connectivity index (χ3n) is 5.84. The molecule has 4 atom stereocenters. The number of hydrogen-bond donors (Lipinski definition) is 8. The third kappa shape index (κ3) is 9.27. The summed E-state index contributed by atoms with van der Waals surface area (Å²) < 4.78 is 0. The number of carbonyl (C=O) groups excluding carboxylic acids is 3. The third-order valence-corrected chi connectivity index (χ3v) is 6.20. The number of carboxylic acid groups (broad SMARTS) is 1. The van der Waals surface area contributed by atoms with Crippen LogP contribution in [0.1, 0.15) is 25.0 Å². The summed E-state index contributed by atoms with van der Waals surface area (Å²) in [6.45, 7) is 3.52. The summed E-state index contributed by atoms with van der Waals surface area (Å²) in [4.78, 5) is 50.5. The summed E-state index contributed by atoms with van der Waals surface area (Å²) in [5.74, 6) is -3.57. The van der Waals surface area contributed by atoms with E-state index in [4.69, 9.17) is 5.73 Å². The van der Waals surface area contributed by atoms with Crippen LogP contribution in [0, 0.1) is 5.92 Å². The second kappa shape index (κ2) is 14.2. The number of amides is 3. The van der Waals surface area contributed by atoms with E-state index in [1.807, 2.05) is 0 Å². The number of phenols is 2. The zero-order chi connectivity index (χ0) is 28.4. The summed E-state index contributed by atoms with van der Waals surface area (Å²) in [5, 5.41) is 36.1. The van der Waals surface area contributed by atoms with Gasteiger partial charge in [-0.25, -0.2) is 4.79 Å². The van der Waals surface area contributed by atoms with Gasteiger partial charge in [0.25, 0.3) is 0 Å². The lowest BCUT2D eigenvalue weighted by molar-refractivity contribution is -0.142. The highest BCUT2D eigenvalue weighted by atomic mass is 32.1. The first-order valence-corrected chi connectivity index (χ1v) is 12.6. The van der Waals surface area contributed by atoms with Gasteiger partial charge in [-0.1, -0.05) is 38.1 Å². The standard InChI is InChI=1S/C26H34N4O7S/c1-14(2)22(27)25(35)28-19(11-15-3-7-17(31)8-4-15)23(33)30-21(13-38)24(34)29-20(26(36)37)12-16-5-9-18(32)10-6-16/h3-10,14,19-22,31-32,38H,11-13,27H2,1-2H3,(H,28,35)(H,29,34)(H,30,33)(H,36,37). The van der Waals surface area contributed by atoms with E-state index in [0.717, 1.165) is 0 Å². The van der Waals surface area contributed by atoms with Crippen LogP contribution in [-0.4, -0.2) is 68.9 Å². The summed E-state index contributed by atoms with van der Waals surface area (Å²) in [6.07, 6.45) is -0.0105. The average Bonchev–Trinajstić information content (AvgIpc) is 2.87. The second-order valence-electron chi connectivity index (χ2n) is 9.22. The number of hydrogen-bond acceptors (Lipinski definition) is 8. The lowest BCUT2D eigenvalue weighted by Crippen LogP contribution is -2.58. The van der Waals surface area contributed by atoms with Gasteiger partial charge in [0.05, 0.1) is 6.04 Å². The highest BCUT2D eigenvalue weighted by molar-refractivity contribution is 7.80. The number of carbonyl (C=O) groups is 4. The van der Waals surface area contributed by atoms with Gasteiger partial charge >= 0.3 is 5.97 Å². The number of thiol groups is 1. The fourth-order valence-electron chi connectivity index (χ4n) is 3.45. The molecule has 0 fully saturated rings. The Kier molecular flexibility index (Phi) is 11.4. The lowest BCUT2D eigenvalue weighted by Gasteiger charge is -2.25. The first kappa shape index (κ1) is 30.5. The van der Waals surface area contributed by atoms with Gasteiger partial charge in [0.15, 0.2) is 0 Å². The van der Waals surface area contributed by atoms with E-state index >= 15 is 0 Å². The van der Waals surface area contributed by atoms with E-state index < -0.39 is 47.9 Å². The maximum atomic E-state index is 13.2. The van der Waals surface area contributed by atoms with E-state index in [2.05, 4.69) is 28.6 Å². The van der Waals surface area contributed by atoms with E-state index in [1.165, 1.54) is 36.4 Å². The Morgan fingerprint density at radius 3 is 1.55 bits per heavy atom. The Labute approximate surface area is 226 Å².